The van der Waals surface area contributed by atoms with E-state index in [1.54, 1.807) is 60.2 Å². The van der Waals surface area contributed by atoms with Crippen LogP contribution in [0.3, 0.4) is 0 Å². The fourth-order valence-electron chi connectivity index (χ4n) is 3.13. The molecule has 0 saturated heterocycles. The van der Waals surface area contributed by atoms with Crippen LogP contribution >= 0.6 is 0 Å². The number of methoxy groups -OCH3 is 2. The van der Waals surface area contributed by atoms with Crippen molar-refractivity contribution < 1.29 is 18.7 Å². The van der Waals surface area contributed by atoms with Crippen molar-refractivity contribution in [3.8, 4) is 23.3 Å². The first-order valence-corrected chi connectivity index (χ1v) is 9.14. The monoisotopic (exact) mass is 415 g/mol. The van der Waals surface area contributed by atoms with E-state index in [2.05, 4.69) is 10.3 Å². The molecule has 2 aromatic carbocycles. The number of para-hydroxylation sites is 1. The molecule has 0 saturated carbocycles. The molecule has 0 aliphatic heterocycles. The molecule has 154 valence electrons. The van der Waals surface area contributed by atoms with Gasteiger partial charge in [0.1, 0.15) is 23.7 Å². The number of amides is 1. The van der Waals surface area contributed by atoms with Gasteiger partial charge in [0.25, 0.3) is 5.91 Å². The Morgan fingerprint density at radius 1 is 1.19 bits per heavy atom. The highest BCUT2D eigenvalue weighted by molar-refractivity contribution is 6.05. The Balaban J connectivity index is 1.74. The number of fused-ring (bicyclic) bond motifs is 1. The predicted octanol–water partition coefficient (Wildman–Crippen LogP) is 3.24. The summed E-state index contributed by atoms with van der Waals surface area (Å²) in [6.45, 7) is 0. The molecule has 0 atom stereocenters. The molecule has 2 aromatic heterocycles. The second-order valence-electron chi connectivity index (χ2n) is 6.44. The van der Waals surface area contributed by atoms with Crippen molar-refractivity contribution in [3.63, 3.8) is 0 Å². The Morgan fingerprint density at radius 3 is 2.65 bits per heavy atom. The summed E-state index contributed by atoms with van der Waals surface area (Å²) < 4.78 is 17.5. The number of benzene rings is 2. The van der Waals surface area contributed by atoms with E-state index in [1.807, 2.05) is 6.07 Å². The molecular weight excluding hydrogens is 398 g/mol. The van der Waals surface area contributed by atoms with Gasteiger partial charge in [-0.3, -0.25) is 14.8 Å². The zero-order chi connectivity index (χ0) is 22.0. The molecule has 2 heterocycles. The molecule has 0 unspecified atom stereocenters. The van der Waals surface area contributed by atoms with Crippen LogP contribution in [0, 0.1) is 16.7 Å². The van der Waals surface area contributed by atoms with Crippen LogP contribution in [0.5, 0.6) is 11.5 Å². The smallest absolute Gasteiger partial charge is 0.262 e. The van der Waals surface area contributed by atoms with E-state index < -0.39 is 5.91 Å². The van der Waals surface area contributed by atoms with Crippen LogP contribution in [0.2, 0.25) is 0 Å². The number of ether oxygens (including phenoxy) is 2. The Kier molecular flexibility index (Phi) is 5.12. The summed E-state index contributed by atoms with van der Waals surface area (Å²) in [5.41, 5.74) is 0.752. The summed E-state index contributed by atoms with van der Waals surface area (Å²) >= 11 is 0. The summed E-state index contributed by atoms with van der Waals surface area (Å²) in [7, 11) is 3.06. The molecule has 31 heavy (non-hydrogen) atoms. The van der Waals surface area contributed by atoms with Crippen LogP contribution in [-0.4, -0.2) is 29.7 Å². The lowest BCUT2D eigenvalue weighted by atomic mass is 10.1. The number of imidazole rings is 1. The van der Waals surface area contributed by atoms with Crippen LogP contribution in [0.4, 0.5) is 5.82 Å². The summed E-state index contributed by atoms with van der Waals surface area (Å²) in [5, 5.41) is 20.9. The number of aromatic nitrogens is 2. The number of carbonyl (C=O) groups excluding carboxylic acids is 1. The van der Waals surface area contributed by atoms with Crippen molar-refractivity contribution in [1.29, 1.82) is 10.7 Å². The summed E-state index contributed by atoms with van der Waals surface area (Å²) in [5.74, 6) is 0.706. The minimum atomic E-state index is -0.606. The van der Waals surface area contributed by atoms with E-state index in [0.29, 0.717) is 28.2 Å². The maximum atomic E-state index is 13.0. The largest absolute Gasteiger partial charge is 0.497 e. The number of nitrogens with zero attached hydrogens (tertiary/aromatic N) is 3. The zero-order valence-electron chi connectivity index (χ0n) is 16.7. The van der Waals surface area contributed by atoms with Gasteiger partial charge in [0.15, 0.2) is 22.8 Å². The lowest BCUT2D eigenvalue weighted by Crippen LogP contribution is -2.22. The van der Waals surface area contributed by atoms with Gasteiger partial charge in [-0.25, -0.2) is 4.98 Å². The van der Waals surface area contributed by atoms with Crippen molar-refractivity contribution in [2.75, 3.05) is 19.5 Å². The number of hydrogen-bond donors (Lipinski definition) is 2. The Hall–Kier alpha value is -4.58. The summed E-state index contributed by atoms with van der Waals surface area (Å²) in [6.07, 6.45) is 1.44. The molecule has 0 fully saturated rings. The molecule has 2 N–H and O–H groups in total. The molecule has 0 radical (unpaired) electrons. The third-order valence-corrected chi connectivity index (χ3v) is 4.68. The zero-order valence-corrected chi connectivity index (χ0v) is 16.7. The fourth-order valence-corrected chi connectivity index (χ4v) is 3.13. The van der Waals surface area contributed by atoms with Gasteiger partial charge in [0.2, 0.25) is 5.55 Å². The Bertz CT molecular complexity index is 1380. The molecule has 1 amide bonds. The van der Waals surface area contributed by atoms with Crippen LogP contribution < -0.4 is 20.3 Å². The SMILES string of the molecule is COc1ccc(-n2cnc(C#N)c2NC(=O)c2cc3cccc(OC)c3oc2=N)cc1. The molecule has 0 aliphatic carbocycles. The van der Waals surface area contributed by atoms with Gasteiger partial charge < -0.3 is 19.2 Å². The third-order valence-electron chi connectivity index (χ3n) is 4.68. The Labute approximate surface area is 176 Å². The van der Waals surface area contributed by atoms with Crippen LogP contribution in [0.1, 0.15) is 16.1 Å². The third kappa shape index (κ3) is 3.58. The van der Waals surface area contributed by atoms with Crippen molar-refractivity contribution >= 4 is 22.7 Å². The first-order chi connectivity index (χ1) is 15.0. The highest BCUT2D eigenvalue weighted by atomic mass is 16.5. The quantitative estimate of drug-likeness (QED) is 0.515. The first-order valence-electron chi connectivity index (χ1n) is 9.14. The second-order valence-corrected chi connectivity index (χ2v) is 6.44. The molecule has 9 heteroatoms. The van der Waals surface area contributed by atoms with Gasteiger partial charge in [-0.15, -0.1) is 0 Å². The van der Waals surface area contributed by atoms with E-state index in [0.717, 1.165) is 0 Å². The topological polar surface area (TPSA) is 126 Å². The molecular formula is C22H17N5O4. The van der Waals surface area contributed by atoms with Crippen molar-refractivity contribution in [3.05, 3.63) is 71.7 Å². The summed E-state index contributed by atoms with van der Waals surface area (Å²) in [4.78, 5) is 17.1. The van der Waals surface area contributed by atoms with Crippen molar-refractivity contribution in [1.82, 2.24) is 9.55 Å². The van der Waals surface area contributed by atoms with Crippen LogP contribution in [-0.2, 0) is 0 Å². The van der Waals surface area contributed by atoms with E-state index in [1.165, 1.54) is 13.4 Å². The average Bonchev–Trinajstić information content (AvgIpc) is 3.20. The molecule has 0 bridgehead atoms. The number of anilines is 1. The summed E-state index contributed by atoms with van der Waals surface area (Å²) in [6, 6.07) is 15.8. The molecule has 9 nitrogen and oxygen atoms in total. The molecule has 4 aromatic rings. The molecule has 0 spiro atoms. The van der Waals surface area contributed by atoms with Crippen LogP contribution in [0.15, 0.2) is 59.3 Å². The van der Waals surface area contributed by atoms with Gasteiger partial charge in [0.05, 0.1) is 14.2 Å². The van der Waals surface area contributed by atoms with Gasteiger partial charge in [0, 0.05) is 11.1 Å². The van der Waals surface area contributed by atoms with Gasteiger partial charge in [-0.2, -0.15) is 5.26 Å². The van der Waals surface area contributed by atoms with E-state index in [-0.39, 0.29) is 22.6 Å². The highest BCUT2D eigenvalue weighted by Gasteiger charge is 2.19. The average molecular weight is 415 g/mol. The first kappa shape index (κ1) is 19.7. The van der Waals surface area contributed by atoms with Crippen molar-refractivity contribution in [2.45, 2.75) is 0 Å². The lowest BCUT2D eigenvalue weighted by molar-refractivity contribution is 0.102. The highest BCUT2D eigenvalue weighted by Crippen LogP contribution is 2.26. The maximum absolute atomic E-state index is 13.0. The standard InChI is InChI=1S/C22H17N5O4/c1-29-15-8-6-14(7-9-15)27-12-25-17(11-23)21(27)26-22(28)16-10-13-4-3-5-18(30-2)19(13)31-20(16)24/h3-10,12,24H,1-2H3,(H,26,28). The minimum absolute atomic E-state index is 0.00660. The number of nitriles is 1. The number of hydrogen-bond acceptors (Lipinski definition) is 7. The fraction of sp³-hybridized carbons (Fsp3) is 0.0909. The van der Waals surface area contributed by atoms with Crippen LogP contribution in [0.25, 0.3) is 16.7 Å². The number of nitrogens with one attached hydrogen (secondary N) is 2. The van der Waals surface area contributed by atoms with Crippen molar-refractivity contribution in [2.24, 2.45) is 0 Å². The number of carbonyl (C=O) groups is 1. The second kappa shape index (κ2) is 8.04. The van der Waals surface area contributed by atoms with E-state index in [4.69, 9.17) is 19.3 Å². The van der Waals surface area contributed by atoms with Gasteiger partial charge in [-0.1, -0.05) is 12.1 Å². The van der Waals surface area contributed by atoms with Gasteiger partial charge in [-0.05, 0) is 36.4 Å². The molecule has 0 aliphatic rings. The predicted molar refractivity (Wildman–Crippen MR) is 111 cm³/mol. The Morgan fingerprint density at radius 2 is 1.97 bits per heavy atom. The van der Waals surface area contributed by atoms with Gasteiger partial charge >= 0.3 is 0 Å². The maximum Gasteiger partial charge on any atom is 0.262 e. The van der Waals surface area contributed by atoms with E-state index >= 15 is 0 Å². The van der Waals surface area contributed by atoms with E-state index in [9.17, 15) is 10.1 Å². The molecule has 4 rings (SSSR count). The minimum Gasteiger partial charge on any atom is -0.497 e. The lowest BCUT2D eigenvalue weighted by Gasteiger charge is -2.11. The normalized spacial score (nSPS) is 10.5. The number of rotatable bonds is 5.